The summed E-state index contributed by atoms with van der Waals surface area (Å²) in [7, 11) is -3.99. The zero-order chi connectivity index (χ0) is 13.8. The second kappa shape index (κ2) is 5.61. The summed E-state index contributed by atoms with van der Waals surface area (Å²) in [6, 6.07) is 5.66. The first kappa shape index (κ1) is 14.1. The van der Waals surface area contributed by atoms with Crippen LogP contribution in [0.1, 0.15) is 6.42 Å². The lowest BCUT2D eigenvalue weighted by Crippen LogP contribution is -2.43. The number of carboxylic acids is 1. The topological polar surface area (TPSA) is 127 Å². The van der Waals surface area contributed by atoms with Gasteiger partial charge in [-0.15, -0.1) is 0 Å². The number of amides is 1. The van der Waals surface area contributed by atoms with Crippen LogP contribution in [0.15, 0.2) is 35.2 Å². The maximum atomic E-state index is 11.8. The van der Waals surface area contributed by atoms with E-state index < -0.39 is 34.4 Å². The fraction of sp³-hybridized carbons (Fsp3) is 0.200. The van der Waals surface area contributed by atoms with Crippen LogP contribution in [0.2, 0.25) is 0 Å². The van der Waals surface area contributed by atoms with Crippen molar-refractivity contribution in [3.05, 3.63) is 30.3 Å². The maximum Gasteiger partial charge on any atom is 0.322 e. The third-order valence-electron chi connectivity index (χ3n) is 2.05. The van der Waals surface area contributed by atoms with Crippen LogP contribution in [0.3, 0.4) is 0 Å². The molecule has 1 aromatic rings. The van der Waals surface area contributed by atoms with Gasteiger partial charge in [0.05, 0.1) is 11.3 Å². The van der Waals surface area contributed by atoms with E-state index in [1.54, 1.807) is 6.07 Å². The largest absolute Gasteiger partial charge is 0.480 e. The summed E-state index contributed by atoms with van der Waals surface area (Å²) in [4.78, 5) is 21.4. The number of nitrogens with two attached hydrogens (primary N) is 1. The summed E-state index contributed by atoms with van der Waals surface area (Å²) in [5.41, 5.74) is 4.85. The van der Waals surface area contributed by atoms with Crippen molar-refractivity contribution in [2.75, 3.05) is 0 Å². The average molecular weight is 272 g/mol. The summed E-state index contributed by atoms with van der Waals surface area (Å²) in [5, 5.41) is 8.80. The highest BCUT2D eigenvalue weighted by atomic mass is 32.2. The molecule has 0 saturated heterocycles. The first-order valence-corrected chi connectivity index (χ1v) is 6.40. The number of carboxylic acid groups (broad SMARTS) is 1. The number of carbonyl (C=O) groups excluding carboxylic acids is 1. The van der Waals surface area contributed by atoms with Gasteiger partial charge < -0.3 is 10.8 Å². The van der Waals surface area contributed by atoms with Gasteiger partial charge in [-0.25, -0.2) is 8.42 Å². The molecule has 0 fully saturated rings. The van der Waals surface area contributed by atoms with Crippen LogP contribution in [0.5, 0.6) is 0 Å². The molecule has 0 bridgehead atoms. The Bertz CT molecular complexity index is 541. The van der Waals surface area contributed by atoms with Gasteiger partial charge in [-0.2, -0.15) is 4.72 Å². The molecule has 4 N–H and O–H groups in total. The van der Waals surface area contributed by atoms with Crippen LogP contribution in [-0.2, 0) is 19.6 Å². The first-order valence-electron chi connectivity index (χ1n) is 4.91. The molecule has 1 rings (SSSR count). The van der Waals surface area contributed by atoms with E-state index >= 15 is 0 Å². The standard InChI is InChI=1S/C10H12N2O5S/c11-9(13)6-8(10(14)15)12-18(16,17)7-4-2-1-3-5-7/h1-5,8,12H,6H2,(H2,11,13)(H,14,15)/t8-/m0/s1. The summed E-state index contributed by atoms with van der Waals surface area (Å²) in [5.74, 6) is -2.37. The molecule has 0 spiro atoms. The van der Waals surface area contributed by atoms with Gasteiger partial charge in [-0.05, 0) is 12.1 Å². The van der Waals surface area contributed by atoms with Gasteiger partial charge >= 0.3 is 5.97 Å². The molecule has 8 heteroatoms. The Labute approximate surface area is 104 Å². The van der Waals surface area contributed by atoms with Crippen molar-refractivity contribution in [3.8, 4) is 0 Å². The lowest BCUT2D eigenvalue weighted by atomic mass is 10.2. The fourth-order valence-electron chi connectivity index (χ4n) is 1.24. The van der Waals surface area contributed by atoms with Crippen LogP contribution >= 0.6 is 0 Å². The lowest BCUT2D eigenvalue weighted by molar-refractivity contribution is -0.140. The van der Waals surface area contributed by atoms with Crippen LogP contribution < -0.4 is 10.5 Å². The third kappa shape index (κ3) is 3.82. The number of aliphatic carboxylic acids is 1. The minimum atomic E-state index is -3.99. The number of benzene rings is 1. The second-order valence-electron chi connectivity index (χ2n) is 3.50. The zero-order valence-electron chi connectivity index (χ0n) is 9.24. The van der Waals surface area contributed by atoms with Crippen LogP contribution in [0.4, 0.5) is 0 Å². The molecule has 1 aromatic carbocycles. The predicted molar refractivity (Wildman–Crippen MR) is 62.0 cm³/mol. The van der Waals surface area contributed by atoms with E-state index in [9.17, 15) is 18.0 Å². The van der Waals surface area contributed by atoms with Gasteiger partial charge in [0.25, 0.3) is 0 Å². The molecule has 7 nitrogen and oxygen atoms in total. The quantitative estimate of drug-likeness (QED) is 0.630. The van der Waals surface area contributed by atoms with Gasteiger partial charge in [0.2, 0.25) is 15.9 Å². The Balaban J connectivity index is 2.93. The molecule has 0 aliphatic carbocycles. The zero-order valence-corrected chi connectivity index (χ0v) is 10.1. The summed E-state index contributed by atoms with van der Waals surface area (Å²) >= 11 is 0. The van der Waals surface area contributed by atoms with E-state index in [4.69, 9.17) is 10.8 Å². The lowest BCUT2D eigenvalue weighted by Gasteiger charge is -2.13. The number of sulfonamides is 1. The average Bonchev–Trinajstić information content (AvgIpc) is 2.28. The molecule has 0 aliphatic rings. The molecule has 0 heterocycles. The Hall–Kier alpha value is -1.93. The third-order valence-corrected chi connectivity index (χ3v) is 3.54. The molecular formula is C10H12N2O5S. The van der Waals surface area contributed by atoms with Crippen molar-refractivity contribution < 1.29 is 23.1 Å². The Morgan fingerprint density at radius 3 is 2.28 bits per heavy atom. The summed E-state index contributed by atoms with van der Waals surface area (Å²) < 4.78 is 25.5. The van der Waals surface area contributed by atoms with Crippen molar-refractivity contribution in [1.29, 1.82) is 0 Å². The predicted octanol–water partition coefficient (Wildman–Crippen LogP) is -0.706. The Morgan fingerprint density at radius 2 is 1.83 bits per heavy atom. The van der Waals surface area contributed by atoms with Crippen molar-refractivity contribution >= 4 is 21.9 Å². The molecule has 0 radical (unpaired) electrons. The molecule has 0 aromatic heterocycles. The molecule has 18 heavy (non-hydrogen) atoms. The smallest absolute Gasteiger partial charge is 0.322 e. The minimum absolute atomic E-state index is 0.0827. The van der Waals surface area contributed by atoms with Gasteiger partial charge in [0.1, 0.15) is 6.04 Å². The highest BCUT2D eigenvalue weighted by Gasteiger charge is 2.26. The number of primary amides is 1. The molecule has 1 amide bonds. The monoisotopic (exact) mass is 272 g/mol. The fourth-order valence-corrected chi connectivity index (χ4v) is 2.45. The number of carbonyl (C=O) groups is 2. The molecule has 0 aliphatic heterocycles. The van der Waals surface area contributed by atoms with Crippen molar-refractivity contribution in [2.45, 2.75) is 17.4 Å². The van der Waals surface area contributed by atoms with E-state index in [1.165, 1.54) is 24.3 Å². The number of nitrogens with one attached hydrogen (secondary N) is 1. The molecular weight excluding hydrogens is 260 g/mol. The number of hydrogen-bond donors (Lipinski definition) is 3. The van der Waals surface area contributed by atoms with E-state index in [0.29, 0.717) is 0 Å². The molecule has 1 atom stereocenters. The van der Waals surface area contributed by atoms with Crippen LogP contribution in [-0.4, -0.2) is 31.4 Å². The van der Waals surface area contributed by atoms with Crippen LogP contribution in [0.25, 0.3) is 0 Å². The summed E-state index contributed by atoms with van der Waals surface area (Å²) in [6.07, 6.45) is -0.610. The molecule has 0 saturated carbocycles. The maximum absolute atomic E-state index is 11.8. The first-order chi connectivity index (χ1) is 8.33. The SMILES string of the molecule is NC(=O)C[C@H](NS(=O)(=O)c1ccccc1)C(=O)O. The van der Waals surface area contributed by atoms with E-state index in [-0.39, 0.29) is 4.90 Å². The molecule has 0 unspecified atom stereocenters. The molecule has 98 valence electrons. The van der Waals surface area contributed by atoms with E-state index in [0.717, 1.165) is 0 Å². The van der Waals surface area contributed by atoms with Gasteiger partial charge in [0, 0.05) is 0 Å². The highest BCUT2D eigenvalue weighted by Crippen LogP contribution is 2.09. The van der Waals surface area contributed by atoms with Gasteiger partial charge in [0.15, 0.2) is 0 Å². The minimum Gasteiger partial charge on any atom is -0.480 e. The van der Waals surface area contributed by atoms with E-state index in [1.807, 2.05) is 4.72 Å². The normalized spacial score (nSPS) is 12.9. The van der Waals surface area contributed by atoms with Crippen molar-refractivity contribution in [3.63, 3.8) is 0 Å². The van der Waals surface area contributed by atoms with E-state index in [2.05, 4.69) is 0 Å². The Morgan fingerprint density at radius 1 is 1.28 bits per heavy atom. The Kier molecular flexibility index (Phi) is 4.40. The van der Waals surface area contributed by atoms with Gasteiger partial charge in [-0.3, -0.25) is 9.59 Å². The summed E-state index contributed by atoms with van der Waals surface area (Å²) in [6.45, 7) is 0. The number of hydrogen-bond acceptors (Lipinski definition) is 4. The van der Waals surface area contributed by atoms with Crippen LogP contribution in [0, 0.1) is 0 Å². The van der Waals surface area contributed by atoms with Crippen molar-refractivity contribution in [1.82, 2.24) is 4.72 Å². The number of rotatable bonds is 6. The van der Waals surface area contributed by atoms with Gasteiger partial charge in [-0.1, -0.05) is 18.2 Å². The van der Waals surface area contributed by atoms with Crippen molar-refractivity contribution in [2.24, 2.45) is 5.73 Å². The highest BCUT2D eigenvalue weighted by molar-refractivity contribution is 7.89. The second-order valence-corrected chi connectivity index (χ2v) is 5.21.